The SMILES string of the molecule is Fc1ccc(-c2ccc(-c3nc(-c4ccccc4)nc(-c4ccccc4)n3)cc2-n2c3ccccc3c3ccc(-c4ccc(C(F)(F)F)cc4C(F)(F)F)cc32)c(F)c1. The summed E-state index contributed by atoms with van der Waals surface area (Å²) in [7, 11) is 0. The summed E-state index contributed by atoms with van der Waals surface area (Å²) < 4.78 is 116. The highest BCUT2D eigenvalue weighted by atomic mass is 19.4. The second-order valence-corrected chi connectivity index (χ2v) is 13.7. The molecule has 0 saturated carbocycles. The fourth-order valence-corrected chi connectivity index (χ4v) is 7.33. The van der Waals surface area contributed by atoms with E-state index in [-0.39, 0.29) is 23.0 Å². The molecule has 0 unspecified atom stereocenters. The molecule has 2 aromatic heterocycles. The Morgan fingerprint density at radius 3 is 1.59 bits per heavy atom. The Morgan fingerprint density at radius 2 is 0.966 bits per heavy atom. The van der Waals surface area contributed by atoms with Crippen LogP contribution >= 0.6 is 0 Å². The van der Waals surface area contributed by atoms with Crippen LogP contribution in [-0.4, -0.2) is 19.5 Å². The van der Waals surface area contributed by atoms with E-state index in [9.17, 15) is 30.7 Å². The van der Waals surface area contributed by atoms with Gasteiger partial charge in [0.25, 0.3) is 0 Å². The lowest BCUT2D eigenvalue weighted by Gasteiger charge is -2.18. The second-order valence-electron chi connectivity index (χ2n) is 13.7. The van der Waals surface area contributed by atoms with Crippen LogP contribution < -0.4 is 0 Å². The van der Waals surface area contributed by atoms with Crippen LogP contribution in [0.2, 0.25) is 0 Å². The number of nitrogens with zero attached hydrogens (tertiary/aromatic N) is 4. The molecule has 0 amide bonds. The Balaban J connectivity index is 1.33. The summed E-state index contributed by atoms with van der Waals surface area (Å²) in [6.45, 7) is 0. The number of fused-ring (bicyclic) bond motifs is 3. The predicted molar refractivity (Wildman–Crippen MR) is 211 cm³/mol. The minimum absolute atomic E-state index is 0.00857. The molecule has 7 aromatic carbocycles. The number of para-hydroxylation sites is 1. The number of aromatic nitrogens is 4. The van der Waals surface area contributed by atoms with Crippen LogP contribution in [0.4, 0.5) is 35.1 Å². The zero-order chi connectivity index (χ0) is 41.1. The number of benzene rings is 7. The van der Waals surface area contributed by atoms with Gasteiger partial charge in [-0.15, -0.1) is 0 Å². The summed E-state index contributed by atoms with van der Waals surface area (Å²) in [4.78, 5) is 14.5. The van der Waals surface area contributed by atoms with Gasteiger partial charge in [-0.05, 0) is 53.6 Å². The van der Waals surface area contributed by atoms with Gasteiger partial charge in [-0.25, -0.2) is 23.7 Å². The van der Waals surface area contributed by atoms with E-state index < -0.39 is 40.7 Å². The van der Waals surface area contributed by atoms with Gasteiger partial charge in [0.2, 0.25) is 0 Å². The van der Waals surface area contributed by atoms with Crippen molar-refractivity contribution < 1.29 is 35.1 Å². The van der Waals surface area contributed by atoms with Crippen LogP contribution in [0.1, 0.15) is 11.1 Å². The van der Waals surface area contributed by atoms with Crippen LogP contribution in [0.25, 0.3) is 83.9 Å². The number of rotatable bonds is 6. The van der Waals surface area contributed by atoms with E-state index in [4.69, 9.17) is 15.0 Å². The zero-order valence-corrected chi connectivity index (χ0v) is 30.3. The lowest BCUT2D eigenvalue weighted by molar-refractivity contribution is -0.142. The quantitative estimate of drug-likeness (QED) is 0.157. The summed E-state index contributed by atoms with van der Waals surface area (Å²) in [5.74, 6) is -0.648. The maximum absolute atomic E-state index is 15.8. The largest absolute Gasteiger partial charge is 0.417 e. The van der Waals surface area contributed by atoms with Crippen molar-refractivity contribution in [3.05, 3.63) is 180 Å². The van der Waals surface area contributed by atoms with Gasteiger partial charge in [-0.3, -0.25) is 0 Å². The average Bonchev–Trinajstić information content (AvgIpc) is 3.57. The van der Waals surface area contributed by atoms with E-state index in [1.54, 1.807) is 47.0 Å². The molecule has 0 atom stereocenters. The molecule has 0 N–H and O–H groups in total. The monoisotopic (exact) mass is 798 g/mol. The van der Waals surface area contributed by atoms with Crippen molar-refractivity contribution in [1.29, 1.82) is 0 Å². The molecule has 0 aliphatic carbocycles. The van der Waals surface area contributed by atoms with Crippen LogP contribution in [0, 0.1) is 11.6 Å². The zero-order valence-electron chi connectivity index (χ0n) is 30.3. The van der Waals surface area contributed by atoms with Crippen molar-refractivity contribution in [3.63, 3.8) is 0 Å². The molecule has 9 rings (SSSR count). The minimum atomic E-state index is -5.12. The molecule has 59 heavy (non-hydrogen) atoms. The van der Waals surface area contributed by atoms with E-state index in [1.165, 1.54) is 18.2 Å². The normalized spacial score (nSPS) is 12.1. The van der Waals surface area contributed by atoms with E-state index in [0.717, 1.165) is 29.3 Å². The molecule has 0 aliphatic heterocycles. The summed E-state index contributed by atoms with van der Waals surface area (Å²) in [5, 5.41) is 1.28. The Labute approximate surface area is 330 Å². The Bertz CT molecular complexity index is 2990. The highest BCUT2D eigenvalue weighted by molar-refractivity contribution is 6.11. The molecule has 0 spiro atoms. The lowest BCUT2D eigenvalue weighted by Crippen LogP contribution is -2.12. The molecule has 9 aromatic rings. The summed E-state index contributed by atoms with van der Waals surface area (Å²) in [6.07, 6.45) is -10.1. The first kappa shape index (κ1) is 37.4. The van der Waals surface area contributed by atoms with Crippen molar-refractivity contribution in [2.24, 2.45) is 0 Å². The lowest BCUT2D eigenvalue weighted by atomic mass is 9.96. The highest BCUT2D eigenvalue weighted by Gasteiger charge is 2.38. The predicted octanol–water partition coefficient (Wildman–Crippen LogP) is 13.6. The van der Waals surface area contributed by atoms with Crippen molar-refractivity contribution in [2.75, 3.05) is 0 Å². The fraction of sp³-hybridized carbons (Fsp3) is 0.0426. The molecule has 290 valence electrons. The first-order chi connectivity index (χ1) is 28.3. The van der Waals surface area contributed by atoms with Crippen LogP contribution in [0.5, 0.6) is 0 Å². The van der Waals surface area contributed by atoms with Gasteiger partial charge in [0.15, 0.2) is 17.5 Å². The van der Waals surface area contributed by atoms with E-state index in [2.05, 4.69) is 0 Å². The van der Waals surface area contributed by atoms with E-state index in [0.29, 0.717) is 56.3 Å². The molecule has 4 nitrogen and oxygen atoms in total. The maximum Gasteiger partial charge on any atom is 0.417 e. The average molecular weight is 799 g/mol. The third kappa shape index (κ3) is 6.96. The third-order valence-corrected chi connectivity index (χ3v) is 10.1. The number of halogens is 8. The Morgan fingerprint density at radius 1 is 0.407 bits per heavy atom. The van der Waals surface area contributed by atoms with Crippen LogP contribution in [-0.2, 0) is 12.4 Å². The molecule has 0 fully saturated rings. The van der Waals surface area contributed by atoms with E-state index in [1.807, 2.05) is 66.7 Å². The smallest absolute Gasteiger partial charge is 0.309 e. The molecule has 12 heteroatoms. The summed E-state index contributed by atoms with van der Waals surface area (Å²) in [6, 6.07) is 40.0. The summed E-state index contributed by atoms with van der Waals surface area (Å²) >= 11 is 0. The minimum Gasteiger partial charge on any atom is -0.309 e. The fourth-order valence-electron chi connectivity index (χ4n) is 7.33. The van der Waals surface area contributed by atoms with Gasteiger partial charge in [0, 0.05) is 44.7 Å². The van der Waals surface area contributed by atoms with Crippen molar-refractivity contribution in [2.45, 2.75) is 12.4 Å². The van der Waals surface area contributed by atoms with Crippen LogP contribution in [0.15, 0.2) is 158 Å². The van der Waals surface area contributed by atoms with Gasteiger partial charge in [0.05, 0.1) is 27.8 Å². The topological polar surface area (TPSA) is 43.6 Å². The molecular weight excluding hydrogens is 773 g/mol. The highest BCUT2D eigenvalue weighted by Crippen LogP contribution is 2.44. The maximum atomic E-state index is 15.8. The molecule has 0 aliphatic rings. The molecule has 0 saturated heterocycles. The van der Waals surface area contributed by atoms with Crippen molar-refractivity contribution in [3.8, 4) is 62.1 Å². The first-order valence-corrected chi connectivity index (χ1v) is 18.1. The Hall–Kier alpha value is -7.21. The number of hydrogen-bond acceptors (Lipinski definition) is 3. The van der Waals surface area contributed by atoms with Gasteiger partial charge in [0.1, 0.15) is 11.6 Å². The van der Waals surface area contributed by atoms with Crippen molar-refractivity contribution >= 4 is 21.8 Å². The molecule has 2 heterocycles. The second kappa shape index (κ2) is 14.3. The third-order valence-electron chi connectivity index (χ3n) is 10.1. The summed E-state index contributed by atoms with van der Waals surface area (Å²) in [5.41, 5.74) is 0.144. The molecule has 0 radical (unpaired) electrons. The van der Waals surface area contributed by atoms with E-state index >= 15 is 4.39 Å². The van der Waals surface area contributed by atoms with Crippen LogP contribution in [0.3, 0.4) is 0 Å². The first-order valence-electron chi connectivity index (χ1n) is 18.1. The standard InChI is InChI=1S/C47H26F8N4/c48-32-18-22-34(39(49)26-32)36-20-16-30(45-57-43(27-9-3-1-4-10-27)56-44(58-45)28-11-5-2-6-12-28)24-42(36)59-40-14-8-7-13-35(40)37-19-15-29(23-41(37)59)33-21-17-31(46(50,51)52)25-38(33)47(53,54)55/h1-26H. The van der Waals surface area contributed by atoms with Gasteiger partial charge < -0.3 is 4.57 Å². The molecule has 0 bridgehead atoms. The number of hydrogen-bond donors (Lipinski definition) is 0. The van der Waals surface area contributed by atoms with Crippen molar-refractivity contribution in [1.82, 2.24) is 19.5 Å². The van der Waals surface area contributed by atoms with Gasteiger partial charge in [-0.2, -0.15) is 26.3 Å². The molecular formula is C47H26F8N4. The van der Waals surface area contributed by atoms with Gasteiger partial charge in [-0.1, -0.05) is 109 Å². The number of alkyl halides is 6. The van der Waals surface area contributed by atoms with Gasteiger partial charge >= 0.3 is 12.4 Å². The Kier molecular flexibility index (Phi) is 9.07.